The monoisotopic (exact) mass is 438 g/mol. The molecular formula is C13H16Br2N2O3S. The summed E-state index contributed by atoms with van der Waals surface area (Å²) in [4.78, 5) is 11.6. The number of carbonyl (C=O) groups excluding carboxylic acids is 1. The van der Waals surface area contributed by atoms with Crippen LogP contribution in [0.2, 0.25) is 0 Å². The Kier molecular flexibility index (Phi) is 5.12. The van der Waals surface area contributed by atoms with Gasteiger partial charge in [0.1, 0.15) is 0 Å². The number of rotatable bonds is 3. The molecule has 0 aromatic heterocycles. The quantitative estimate of drug-likeness (QED) is 0.785. The van der Waals surface area contributed by atoms with Crippen LogP contribution in [0.5, 0.6) is 0 Å². The molecule has 21 heavy (non-hydrogen) atoms. The highest BCUT2D eigenvalue weighted by Gasteiger charge is 2.37. The number of amides is 1. The zero-order valence-corrected chi connectivity index (χ0v) is 15.4. The first-order valence-electron chi connectivity index (χ1n) is 6.49. The van der Waals surface area contributed by atoms with Crippen LogP contribution in [0.3, 0.4) is 0 Å². The molecule has 1 aliphatic rings. The molecule has 0 aliphatic carbocycles. The summed E-state index contributed by atoms with van der Waals surface area (Å²) in [7, 11) is -3.68. The number of nitrogens with zero attached hydrogens (tertiary/aromatic N) is 1. The van der Waals surface area contributed by atoms with Crippen LogP contribution in [0.25, 0.3) is 0 Å². The molecule has 1 saturated heterocycles. The Bertz CT molecular complexity index is 663. The summed E-state index contributed by atoms with van der Waals surface area (Å²) in [6.45, 7) is 1.98. The molecule has 0 radical (unpaired) electrons. The van der Waals surface area contributed by atoms with E-state index in [0.717, 1.165) is 0 Å². The van der Waals surface area contributed by atoms with E-state index in [-0.39, 0.29) is 17.5 Å². The van der Waals surface area contributed by atoms with Gasteiger partial charge in [0.05, 0.1) is 10.8 Å². The second-order valence-electron chi connectivity index (χ2n) is 5.18. The third kappa shape index (κ3) is 3.49. The number of hydrogen-bond acceptors (Lipinski definition) is 3. The lowest BCUT2D eigenvalue weighted by Crippen LogP contribution is -2.48. The van der Waals surface area contributed by atoms with Crippen LogP contribution in [0, 0.1) is 5.92 Å². The third-order valence-corrected chi connectivity index (χ3v) is 7.17. The van der Waals surface area contributed by atoms with Crippen molar-refractivity contribution in [1.82, 2.24) is 4.31 Å². The fraction of sp³-hybridized carbons (Fsp3) is 0.462. The van der Waals surface area contributed by atoms with Gasteiger partial charge in [-0.15, -0.1) is 0 Å². The Hall–Kier alpha value is -0.440. The highest BCUT2D eigenvalue weighted by Crippen LogP contribution is 2.32. The number of piperidine rings is 1. The van der Waals surface area contributed by atoms with Crippen LogP contribution in [0.4, 0.5) is 0 Å². The topological polar surface area (TPSA) is 80.5 Å². The van der Waals surface area contributed by atoms with E-state index in [1.807, 2.05) is 6.92 Å². The lowest BCUT2D eigenvalue weighted by atomic mass is 9.95. The number of halogens is 2. The summed E-state index contributed by atoms with van der Waals surface area (Å²) in [6, 6.07) is 4.84. The number of primary amides is 1. The number of nitrogens with two attached hydrogens (primary N) is 1. The van der Waals surface area contributed by atoms with Crippen LogP contribution in [-0.4, -0.2) is 31.2 Å². The first kappa shape index (κ1) is 16.9. The fourth-order valence-electron chi connectivity index (χ4n) is 2.44. The molecule has 1 aliphatic heterocycles. The molecular weight excluding hydrogens is 424 g/mol. The average Bonchev–Trinajstić information content (AvgIpc) is 2.41. The van der Waals surface area contributed by atoms with Crippen molar-refractivity contribution in [2.75, 3.05) is 6.54 Å². The Balaban J connectivity index is 2.42. The van der Waals surface area contributed by atoms with Gasteiger partial charge in [-0.05, 0) is 53.9 Å². The van der Waals surface area contributed by atoms with Gasteiger partial charge in [0.15, 0.2) is 0 Å². The first-order chi connectivity index (χ1) is 9.73. The van der Waals surface area contributed by atoms with Gasteiger partial charge in [0, 0.05) is 21.5 Å². The van der Waals surface area contributed by atoms with Crippen LogP contribution in [0.15, 0.2) is 32.0 Å². The molecule has 0 unspecified atom stereocenters. The van der Waals surface area contributed by atoms with E-state index in [4.69, 9.17) is 5.73 Å². The normalized spacial score (nSPS) is 24.0. The summed E-state index contributed by atoms with van der Waals surface area (Å²) in [5, 5.41) is 0. The van der Waals surface area contributed by atoms with Crippen LogP contribution in [-0.2, 0) is 14.8 Å². The minimum absolute atomic E-state index is 0.137. The minimum Gasteiger partial charge on any atom is -0.369 e. The maximum atomic E-state index is 12.9. The largest absolute Gasteiger partial charge is 0.369 e. The van der Waals surface area contributed by atoms with Gasteiger partial charge in [-0.25, -0.2) is 8.42 Å². The number of sulfonamides is 1. The van der Waals surface area contributed by atoms with Gasteiger partial charge in [0.2, 0.25) is 15.9 Å². The Labute approximate surface area is 141 Å². The second-order valence-corrected chi connectivity index (χ2v) is 8.80. The summed E-state index contributed by atoms with van der Waals surface area (Å²) in [5.74, 6) is -0.877. The molecule has 2 atom stereocenters. The Morgan fingerprint density at radius 1 is 1.33 bits per heavy atom. The van der Waals surface area contributed by atoms with Gasteiger partial charge < -0.3 is 5.73 Å². The molecule has 2 N–H and O–H groups in total. The molecule has 1 heterocycles. The van der Waals surface area contributed by atoms with Crippen molar-refractivity contribution in [3.8, 4) is 0 Å². The van der Waals surface area contributed by atoms with E-state index < -0.39 is 21.8 Å². The first-order valence-corrected chi connectivity index (χ1v) is 9.52. The smallest absolute Gasteiger partial charge is 0.244 e. The second kappa shape index (κ2) is 6.36. The standard InChI is InChI=1S/C13H16Br2N2O3S/c1-8-2-3-9(13(16)18)7-17(8)21(19,20)12-6-10(14)4-5-11(12)15/h4-6,8-9H,2-3,7H2,1H3,(H2,16,18)/t8-,9-/m0/s1. The Morgan fingerprint density at radius 2 is 2.00 bits per heavy atom. The van der Waals surface area contributed by atoms with Crippen molar-refractivity contribution >= 4 is 47.8 Å². The van der Waals surface area contributed by atoms with Gasteiger partial charge >= 0.3 is 0 Å². The van der Waals surface area contributed by atoms with Crippen molar-refractivity contribution < 1.29 is 13.2 Å². The van der Waals surface area contributed by atoms with Crippen LogP contribution >= 0.6 is 31.9 Å². The SMILES string of the molecule is C[C@H]1CC[C@H](C(N)=O)CN1S(=O)(=O)c1cc(Br)ccc1Br. The lowest BCUT2D eigenvalue weighted by molar-refractivity contribution is -0.123. The fourth-order valence-corrected chi connectivity index (χ4v) is 5.61. The predicted molar refractivity (Wildman–Crippen MR) is 87.1 cm³/mol. The minimum atomic E-state index is -3.68. The zero-order chi connectivity index (χ0) is 15.8. The van der Waals surface area contributed by atoms with E-state index in [9.17, 15) is 13.2 Å². The molecule has 1 fully saturated rings. The van der Waals surface area contributed by atoms with E-state index in [1.54, 1.807) is 18.2 Å². The maximum absolute atomic E-state index is 12.9. The van der Waals surface area contributed by atoms with Gasteiger partial charge in [0.25, 0.3) is 0 Å². The predicted octanol–water partition coefficient (Wildman–Crippen LogP) is 2.49. The lowest BCUT2D eigenvalue weighted by Gasteiger charge is -2.36. The molecule has 0 spiro atoms. The number of carbonyl (C=O) groups is 1. The van der Waals surface area contributed by atoms with Crippen molar-refractivity contribution in [3.05, 3.63) is 27.1 Å². The average molecular weight is 440 g/mol. The molecule has 116 valence electrons. The maximum Gasteiger partial charge on any atom is 0.244 e. The highest BCUT2D eigenvalue weighted by molar-refractivity contribution is 9.11. The molecule has 8 heteroatoms. The third-order valence-electron chi connectivity index (χ3n) is 3.71. The van der Waals surface area contributed by atoms with Crippen LogP contribution < -0.4 is 5.73 Å². The summed E-state index contributed by atoms with van der Waals surface area (Å²) in [5.41, 5.74) is 5.33. The molecule has 1 amide bonds. The molecule has 2 rings (SSSR count). The van der Waals surface area contributed by atoms with Gasteiger partial charge in [-0.3, -0.25) is 4.79 Å². The summed E-state index contributed by atoms with van der Waals surface area (Å²) < 4.78 is 28.3. The van der Waals surface area contributed by atoms with Crippen LogP contribution in [0.1, 0.15) is 19.8 Å². The van der Waals surface area contributed by atoms with E-state index >= 15 is 0 Å². The molecule has 5 nitrogen and oxygen atoms in total. The highest BCUT2D eigenvalue weighted by atomic mass is 79.9. The molecule has 1 aromatic carbocycles. The van der Waals surface area contributed by atoms with Crippen molar-refractivity contribution in [2.24, 2.45) is 11.7 Å². The zero-order valence-electron chi connectivity index (χ0n) is 11.4. The van der Waals surface area contributed by atoms with E-state index in [1.165, 1.54) is 4.31 Å². The molecule has 0 saturated carbocycles. The van der Waals surface area contributed by atoms with E-state index in [2.05, 4.69) is 31.9 Å². The van der Waals surface area contributed by atoms with Crippen molar-refractivity contribution in [1.29, 1.82) is 0 Å². The number of hydrogen-bond donors (Lipinski definition) is 1. The van der Waals surface area contributed by atoms with E-state index in [0.29, 0.717) is 21.8 Å². The summed E-state index contributed by atoms with van der Waals surface area (Å²) in [6.07, 6.45) is 1.25. The number of benzene rings is 1. The molecule has 0 bridgehead atoms. The van der Waals surface area contributed by atoms with Gasteiger partial charge in [-0.1, -0.05) is 15.9 Å². The molecule has 1 aromatic rings. The van der Waals surface area contributed by atoms with Gasteiger partial charge in [-0.2, -0.15) is 4.31 Å². The Morgan fingerprint density at radius 3 is 2.62 bits per heavy atom. The van der Waals surface area contributed by atoms with Crippen molar-refractivity contribution in [3.63, 3.8) is 0 Å². The van der Waals surface area contributed by atoms with Crippen molar-refractivity contribution in [2.45, 2.75) is 30.7 Å². The summed E-state index contributed by atoms with van der Waals surface area (Å²) >= 11 is 6.56.